The number of methoxy groups -OCH3 is 1. The van der Waals surface area contributed by atoms with Crippen LogP contribution in [0.1, 0.15) is 31.2 Å². The predicted molar refractivity (Wildman–Crippen MR) is 85.8 cm³/mol. The fourth-order valence-electron chi connectivity index (χ4n) is 2.98. The van der Waals surface area contributed by atoms with Crippen molar-refractivity contribution >= 4 is 5.91 Å². The maximum Gasteiger partial charge on any atom is 0.234 e. The van der Waals surface area contributed by atoms with E-state index in [9.17, 15) is 4.79 Å². The van der Waals surface area contributed by atoms with E-state index in [0.717, 1.165) is 43.5 Å². The molecular weight excluding hydrogens is 280 g/mol. The van der Waals surface area contributed by atoms with Gasteiger partial charge in [-0.25, -0.2) is 0 Å². The lowest BCUT2D eigenvalue weighted by atomic mass is 10.1. The standard InChI is InChI=1S/C17H26N2O3/c1-22-16-8-2-5-14(11-16)12-18-17(21)13-19-9-3-6-15(19)7-4-10-20/h2,5,8,11,15,20H,3-4,6-7,9-10,12-13H2,1H3,(H,18,21). The number of rotatable bonds is 8. The summed E-state index contributed by atoms with van der Waals surface area (Å²) in [5.41, 5.74) is 1.03. The molecule has 0 bridgehead atoms. The maximum atomic E-state index is 12.1. The summed E-state index contributed by atoms with van der Waals surface area (Å²) in [6.07, 6.45) is 4.05. The SMILES string of the molecule is COc1cccc(CNC(=O)CN2CCCC2CCCO)c1. The molecule has 5 heteroatoms. The number of hydrogen-bond donors (Lipinski definition) is 2. The minimum atomic E-state index is 0.0544. The fourth-order valence-corrected chi connectivity index (χ4v) is 2.98. The van der Waals surface area contributed by atoms with Crippen LogP contribution in [0.3, 0.4) is 0 Å². The lowest BCUT2D eigenvalue weighted by molar-refractivity contribution is -0.122. The number of carbonyl (C=O) groups is 1. The number of aliphatic hydroxyl groups excluding tert-OH is 1. The lowest BCUT2D eigenvalue weighted by Crippen LogP contribution is -2.39. The van der Waals surface area contributed by atoms with Crippen LogP contribution < -0.4 is 10.1 Å². The minimum Gasteiger partial charge on any atom is -0.497 e. The summed E-state index contributed by atoms with van der Waals surface area (Å²) >= 11 is 0. The predicted octanol–water partition coefficient (Wildman–Crippen LogP) is 1.55. The first-order valence-electron chi connectivity index (χ1n) is 7.97. The van der Waals surface area contributed by atoms with Gasteiger partial charge in [-0.15, -0.1) is 0 Å². The molecule has 0 aliphatic carbocycles. The van der Waals surface area contributed by atoms with E-state index in [0.29, 0.717) is 19.1 Å². The first-order chi connectivity index (χ1) is 10.7. The second-order valence-corrected chi connectivity index (χ2v) is 5.76. The van der Waals surface area contributed by atoms with E-state index in [4.69, 9.17) is 9.84 Å². The average molecular weight is 306 g/mol. The van der Waals surface area contributed by atoms with Gasteiger partial charge in [0.05, 0.1) is 13.7 Å². The second-order valence-electron chi connectivity index (χ2n) is 5.76. The third-order valence-electron chi connectivity index (χ3n) is 4.17. The van der Waals surface area contributed by atoms with E-state index in [1.165, 1.54) is 0 Å². The molecule has 1 fully saturated rings. The molecule has 0 aromatic heterocycles. The average Bonchev–Trinajstić information content (AvgIpc) is 2.98. The first kappa shape index (κ1) is 16.8. The van der Waals surface area contributed by atoms with Crippen molar-refractivity contribution in [3.8, 4) is 5.75 Å². The quantitative estimate of drug-likeness (QED) is 0.765. The fraction of sp³-hybridized carbons (Fsp3) is 0.588. The molecule has 0 saturated carbocycles. The molecular formula is C17H26N2O3. The Kier molecular flexibility index (Phi) is 6.68. The topological polar surface area (TPSA) is 61.8 Å². The van der Waals surface area contributed by atoms with Crippen LogP contribution >= 0.6 is 0 Å². The van der Waals surface area contributed by atoms with Gasteiger partial charge in [0, 0.05) is 19.2 Å². The highest BCUT2D eigenvalue weighted by Crippen LogP contribution is 2.20. The molecule has 1 aliphatic heterocycles. The summed E-state index contributed by atoms with van der Waals surface area (Å²) in [7, 11) is 1.64. The van der Waals surface area contributed by atoms with Gasteiger partial charge in [0.2, 0.25) is 5.91 Å². The second kappa shape index (κ2) is 8.76. The molecule has 1 amide bonds. The molecule has 1 saturated heterocycles. The molecule has 122 valence electrons. The van der Waals surface area contributed by atoms with Gasteiger partial charge in [-0.1, -0.05) is 12.1 Å². The number of nitrogens with zero attached hydrogens (tertiary/aromatic N) is 1. The van der Waals surface area contributed by atoms with E-state index in [2.05, 4.69) is 10.2 Å². The maximum absolute atomic E-state index is 12.1. The van der Waals surface area contributed by atoms with Gasteiger partial charge in [0.25, 0.3) is 0 Å². The molecule has 1 heterocycles. The van der Waals surface area contributed by atoms with Crippen LogP contribution in [0.15, 0.2) is 24.3 Å². The molecule has 1 aromatic carbocycles. The molecule has 5 nitrogen and oxygen atoms in total. The molecule has 1 aromatic rings. The Hall–Kier alpha value is -1.59. The number of aliphatic hydroxyl groups is 1. The molecule has 0 radical (unpaired) electrons. The third-order valence-corrected chi connectivity index (χ3v) is 4.17. The largest absolute Gasteiger partial charge is 0.497 e. The van der Waals surface area contributed by atoms with Crippen LogP contribution in [0.25, 0.3) is 0 Å². The van der Waals surface area contributed by atoms with Crippen molar-refractivity contribution in [2.75, 3.05) is 26.8 Å². The van der Waals surface area contributed by atoms with Crippen molar-refractivity contribution in [1.29, 1.82) is 0 Å². The van der Waals surface area contributed by atoms with Crippen molar-refractivity contribution < 1.29 is 14.6 Å². The zero-order chi connectivity index (χ0) is 15.8. The Bertz CT molecular complexity index is 479. The van der Waals surface area contributed by atoms with Crippen molar-refractivity contribution in [3.63, 3.8) is 0 Å². The minimum absolute atomic E-state index is 0.0544. The summed E-state index contributed by atoms with van der Waals surface area (Å²) < 4.78 is 5.18. The number of amides is 1. The summed E-state index contributed by atoms with van der Waals surface area (Å²) in [5.74, 6) is 0.856. The monoisotopic (exact) mass is 306 g/mol. The van der Waals surface area contributed by atoms with Gasteiger partial charge in [-0.05, 0) is 49.9 Å². The van der Waals surface area contributed by atoms with Crippen molar-refractivity contribution in [2.24, 2.45) is 0 Å². The number of hydrogen-bond acceptors (Lipinski definition) is 4. The highest BCUT2D eigenvalue weighted by atomic mass is 16.5. The van der Waals surface area contributed by atoms with E-state index in [1.807, 2.05) is 24.3 Å². The number of ether oxygens (including phenoxy) is 1. The molecule has 2 rings (SSSR count). The van der Waals surface area contributed by atoms with Crippen molar-refractivity contribution in [3.05, 3.63) is 29.8 Å². The summed E-state index contributed by atoms with van der Waals surface area (Å²) in [4.78, 5) is 14.3. The smallest absolute Gasteiger partial charge is 0.234 e. The third kappa shape index (κ3) is 5.00. The molecule has 22 heavy (non-hydrogen) atoms. The Labute approximate surface area is 132 Å². The van der Waals surface area contributed by atoms with Crippen molar-refractivity contribution in [1.82, 2.24) is 10.2 Å². The highest BCUT2D eigenvalue weighted by molar-refractivity contribution is 5.78. The molecule has 2 N–H and O–H groups in total. The Balaban J connectivity index is 1.77. The number of benzene rings is 1. The molecule has 1 unspecified atom stereocenters. The van der Waals surface area contributed by atoms with Crippen LogP contribution in [-0.2, 0) is 11.3 Å². The summed E-state index contributed by atoms with van der Waals surface area (Å²) in [6, 6.07) is 8.16. The Morgan fingerprint density at radius 1 is 1.50 bits per heavy atom. The van der Waals surface area contributed by atoms with E-state index in [-0.39, 0.29) is 12.5 Å². The summed E-state index contributed by atoms with van der Waals surface area (Å²) in [5, 5.41) is 11.9. The normalized spacial score (nSPS) is 18.4. The van der Waals surface area contributed by atoms with E-state index >= 15 is 0 Å². The van der Waals surface area contributed by atoms with Gasteiger partial charge in [-0.2, -0.15) is 0 Å². The van der Waals surface area contributed by atoms with Crippen LogP contribution in [-0.4, -0.2) is 48.8 Å². The van der Waals surface area contributed by atoms with Crippen LogP contribution in [0, 0.1) is 0 Å². The number of likely N-dealkylation sites (tertiary alicyclic amines) is 1. The van der Waals surface area contributed by atoms with Crippen molar-refractivity contribution in [2.45, 2.75) is 38.3 Å². The highest BCUT2D eigenvalue weighted by Gasteiger charge is 2.25. The lowest BCUT2D eigenvalue weighted by Gasteiger charge is -2.23. The van der Waals surface area contributed by atoms with Gasteiger partial charge in [0.15, 0.2) is 0 Å². The number of carbonyl (C=O) groups excluding carboxylic acids is 1. The van der Waals surface area contributed by atoms with Gasteiger partial charge >= 0.3 is 0 Å². The number of nitrogens with one attached hydrogen (secondary N) is 1. The molecule has 0 spiro atoms. The zero-order valence-electron chi connectivity index (χ0n) is 13.3. The Morgan fingerprint density at radius 3 is 3.14 bits per heavy atom. The van der Waals surface area contributed by atoms with Gasteiger partial charge < -0.3 is 15.2 Å². The van der Waals surface area contributed by atoms with Crippen LogP contribution in [0.4, 0.5) is 0 Å². The Morgan fingerprint density at radius 2 is 2.36 bits per heavy atom. The zero-order valence-corrected chi connectivity index (χ0v) is 13.3. The van der Waals surface area contributed by atoms with E-state index in [1.54, 1.807) is 7.11 Å². The molecule has 1 atom stereocenters. The van der Waals surface area contributed by atoms with Gasteiger partial charge in [-0.3, -0.25) is 9.69 Å². The van der Waals surface area contributed by atoms with Crippen LogP contribution in [0.5, 0.6) is 5.75 Å². The molecule has 1 aliphatic rings. The van der Waals surface area contributed by atoms with Crippen LogP contribution in [0.2, 0.25) is 0 Å². The van der Waals surface area contributed by atoms with E-state index < -0.39 is 0 Å². The van der Waals surface area contributed by atoms with Gasteiger partial charge in [0.1, 0.15) is 5.75 Å². The first-order valence-corrected chi connectivity index (χ1v) is 7.97. The summed E-state index contributed by atoms with van der Waals surface area (Å²) in [6.45, 7) is 2.17.